The van der Waals surface area contributed by atoms with Crippen LogP contribution in [0.2, 0.25) is 0 Å². The number of ether oxygens (including phenoxy) is 9. The highest BCUT2D eigenvalue weighted by molar-refractivity contribution is 6.17. The molecule has 2 heterocycles. The van der Waals surface area contributed by atoms with Crippen molar-refractivity contribution in [3.05, 3.63) is 36.7 Å². The molecule has 0 saturated carbocycles. The maximum absolute atomic E-state index is 11.7. The number of aromatic nitrogens is 2. The molecule has 0 spiro atoms. The predicted octanol–water partition coefficient (Wildman–Crippen LogP) is 3.52. The van der Waals surface area contributed by atoms with E-state index in [0.717, 1.165) is 32.3 Å². The maximum atomic E-state index is 11.7. The molecule has 2 aromatic rings. The summed E-state index contributed by atoms with van der Waals surface area (Å²) in [6.45, 7) is 6.31. The summed E-state index contributed by atoms with van der Waals surface area (Å²) in [6, 6.07) is 7.14. The highest BCUT2D eigenvalue weighted by Crippen LogP contribution is 2.23. The number of hydrogen-bond donors (Lipinski definition) is 2. The number of alkyl carbamates (subject to hydrolysis) is 1. The van der Waals surface area contributed by atoms with Crippen LogP contribution < -0.4 is 14.8 Å². The largest absolute Gasteiger partial charge is 0.491 e. The van der Waals surface area contributed by atoms with Crippen molar-refractivity contribution in [1.29, 1.82) is 0 Å². The van der Waals surface area contributed by atoms with E-state index in [1.807, 2.05) is 0 Å². The molecule has 0 fully saturated rings. The third-order valence-corrected chi connectivity index (χ3v) is 6.49. The molecule has 48 heavy (non-hydrogen) atoms. The maximum Gasteiger partial charge on any atom is 0.407 e. The summed E-state index contributed by atoms with van der Waals surface area (Å²) in [6.07, 6.45) is 7.14. The van der Waals surface area contributed by atoms with Crippen LogP contribution in [0.5, 0.6) is 11.5 Å². The first-order valence-electron chi connectivity index (χ1n) is 16.4. The van der Waals surface area contributed by atoms with Gasteiger partial charge in [-0.2, -0.15) is 0 Å². The molecule has 0 aliphatic rings. The molecule has 1 amide bonds. The molecule has 14 nitrogen and oxygen atoms in total. The Morgan fingerprint density at radius 2 is 1.08 bits per heavy atom. The number of carbonyl (C=O) groups is 1. The lowest BCUT2D eigenvalue weighted by Crippen LogP contribution is -2.29. The lowest BCUT2D eigenvalue weighted by molar-refractivity contribution is 0.0202. The molecule has 0 radical (unpaired) electrons. The molecule has 0 aliphatic heterocycles. The summed E-state index contributed by atoms with van der Waals surface area (Å²) < 4.78 is 49.1. The Labute approximate surface area is 288 Å². The Hall–Kier alpha value is -2.82. The minimum Gasteiger partial charge on any atom is -0.491 e. The van der Waals surface area contributed by atoms with E-state index in [4.69, 9.17) is 59.3 Å². The Morgan fingerprint density at radius 1 is 0.604 bits per heavy atom. The van der Waals surface area contributed by atoms with Gasteiger partial charge in [0.05, 0.1) is 90.7 Å². The number of aliphatic hydroxyl groups excluding tert-OH is 1. The number of amides is 1. The third-order valence-electron chi connectivity index (χ3n) is 6.22. The summed E-state index contributed by atoms with van der Waals surface area (Å²) in [5.41, 5.74) is 1.30. The van der Waals surface area contributed by atoms with E-state index in [2.05, 4.69) is 15.3 Å². The van der Waals surface area contributed by atoms with Crippen molar-refractivity contribution in [1.82, 2.24) is 15.3 Å². The number of aliphatic hydroxyl groups is 1. The van der Waals surface area contributed by atoms with Crippen molar-refractivity contribution in [3.8, 4) is 22.9 Å². The first kappa shape index (κ1) is 41.4. The minimum atomic E-state index is -0.515. The average molecular weight is 702 g/mol. The number of alkyl halides is 1. The van der Waals surface area contributed by atoms with Gasteiger partial charge in [0.15, 0.2) is 0 Å². The van der Waals surface area contributed by atoms with E-state index < -0.39 is 6.09 Å². The first-order valence-corrected chi connectivity index (χ1v) is 17.0. The smallest absolute Gasteiger partial charge is 0.407 e. The van der Waals surface area contributed by atoms with E-state index in [9.17, 15) is 4.79 Å². The zero-order valence-electron chi connectivity index (χ0n) is 27.8. The van der Waals surface area contributed by atoms with E-state index in [-0.39, 0.29) is 19.8 Å². The van der Waals surface area contributed by atoms with Gasteiger partial charge in [0.1, 0.15) is 31.3 Å². The molecule has 2 rings (SSSR count). The zero-order chi connectivity index (χ0) is 34.2. The normalized spacial score (nSPS) is 11.0. The molecule has 2 N–H and O–H groups in total. The van der Waals surface area contributed by atoms with Gasteiger partial charge in [0.2, 0.25) is 0 Å². The van der Waals surface area contributed by atoms with Gasteiger partial charge in [-0.25, -0.2) is 4.79 Å². The molecule has 0 unspecified atom stereocenters. The van der Waals surface area contributed by atoms with Gasteiger partial charge in [-0.1, -0.05) is 12.8 Å². The zero-order valence-corrected chi connectivity index (χ0v) is 28.6. The first-order chi connectivity index (χ1) is 23.7. The van der Waals surface area contributed by atoms with Gasteiger partial charge < -0.3 is 53.1 Å². The van der Waals surface area contributed by atoms with E-state index in [0.29, 0.717) is 115 Å². The van der Waals surface area contributed by atoms with Gasteiger partial charge in [-0.05, 0) is 25.0 Å². The topological polar surface area (TPSA) is 158 Å². The summed E-state index contributed by atoms with van der Waals surface area (Å²) in [5, 5.41) is 11.3. The molecule has 0 saturated heterocycles. The Morgan fingerprint density at radius 3 is 1.65 bits per heavy atom. The summed E-state index contributed by atoms with van der Waals surface area (Å²) >= 11 is 5.65. The number of nitrogens with zero attached hydrogens (tertiary/aromatic N) is 2. The summed E-state index contributed by atoms with van der Waals surface area (Å²) in [4.78, 5) is 20.5. The van der Waals surface area contributed by atoms with Crippen LogP contribution in [0.1, 0.15) is 25.7 Å². The second-order valence-electron chi connectivity index (χ2n) is 10.0. The van der Waals surface area contributed by atoms with Crippen LogP contribution in [0.15, 0.2) is 36.7 Å². The van der Waals surface area contributed by atoms with Crippen molar-refractivity contribution >= 4 is 17.7 Å². The van der Waals surface area contributed by atoms with Gasteiger partial charge >= 0.3 is 6.09 Å². The molecule has 0 bridgehead atoms. The number of hydrogen-bond acceptors (Lipinski definition) is 13. The third kappa shape index (κ3) is 22.7. The number of halogens is 1. The quantitative estimate of drug-likeness (QED) is 0.0844. The number of pyridine rings is 2. The number of rotatable bonds is 32. The lowest BCUT2D eigenvalue weighted by atomic mass is 10.2. The van der Waals surface area contributed by atoms with Crippen LogP contribution in [0.4, 0.5) is 4.79 Å². The van der Waals surface area contributed by atoms with Crippen LogP contribution in [-0.2, 0) is 33.2 Å². The number of carbonyl (C=O) groups excluding carboxylic acids is 1. The van der Waals surface area contributed by atoms with Gasteiger partial charge in [0.25, 0.3) is 0 Å². The fourth-order valence-electron chi connectivity index (χ4n) is 3.87. The SMILES string of the molecule is O=C(NCCOCCOCCCCCCCl)OCCOCCOCCOc1ccnc(-c2cc(OCCOCCOCCO)ccn2)c1. The highest BCUT2D eigenvalue weighted by atomic mass is 35.5. The van der Waals surface area contributed by atoms with Crippen LogP contribution >= 0.6 is 11.6 Å². The van der Waals surface area contributed by atoms with Crippen LogP contribution in [0.25, 0.3) is 11.4 Å². The highest BCUT2D eigenvalue weighted by Gasteiger charge is 2.06. The average Bonchev–Trinajstić information content (AvgIpc) is 3.11. The molecule has 272 valence electrons. The molecule has 2 aromatic heterocycles. The second-order valence-corrected chi connectivity index (χ2v) is 10.4. The fourth-order valence-corrected chi connectivity index (χ4v) is 4.06. The van der Waals surface area contributed by atoms with Crippen molar-refractivity contribution in [2.45, 2.75) is 25.7 Å². The van der Waals surface area contributed by atoms with Crippen molar-refractivity contribution in [2.24, 2.45) is 0 Å². The van der Waals surface area contributed by atoms with E-state index in [1.165, 1.54) is 0 Å². The lowest BCUT2D eigenvalue weighted by Gasteiger charge is -2.10. The van der Waals surface area contributed by atoms with Gasteiger partial charge in [-0.15, -0.1) is 11.6 Å². The minimum absolute atomic E-state index is 0.00255. The summed E-state index contributed by atoms with van der Waals surface area (Å²) in [7, 11) is 0. The van der Waals surface area contributed by atoms with Crippen LogP contribution in [0, 0.1) is 0 Å². The number of nitrogens with one attached hydrogen (secondary N) is 1. The summed E-state index contributed by atoms with van der Waals surface area (Å²) in [5.74, 6) is 2.01. The van der Waals surface area contributed by atoms with Crippen molar-refractivity contribution in [2.75, 3.05) is 118 Å². The monoisotopic (exact) mass is 701 g/mol. The second kappa shape index (κ2) is 30.3. The molecule has 0 aromatic carbocycles. The standard InChI is InChI=1S/C33H52ClN3O11/c34-7-3-1-2-4-12-40-15-16-41-13-10-37-33(39)48-26-23-45-20-19-44-22-25-47-30-6-9-36-32(28-30)31-27-29(5-8-35-31)46-24-21-43-18-17-42-14-11-38/h5-6,8-9,27-28,38H,1-4,7,10-26H2,(H,37,39). The number of unbranched alkanes of at least 4 members (excludes halogenated alkanes) is 3. The van der Waals surface area contributed by atoms with Crippen LogP contribution in [0.3, 0.4) is 0 Å². The Bertz CT molecular complexity index is 1060. The van der Waals surface area contributed by atoms with E-state index in [1.54, 1.807) is 36.7 Å². The van der Waals surface area contributed by atoms with Gasteiger partial charge in [-0.3, -0.25) is 9.97 Å². The Kier molecular flexibility index (Phi) is 26.1. The van der Waals surface area contributed by atoms with Crippen LogP contribution in [-0.4, -0.2) is 139 Å². The van der Waals surface area contributed by atoms with E-state index >= 15 is 0 Å². The Balaban J connectivity index is 1.42. The molecule has 15 heteroatoms. The van der Waals surface area contributed by atoms with Crippen molar-refractivity contribution in [3.63, 3.8) is 0 Å². The van der Waals surface area contributed by atoms with Gasteiger partial charge in [0, 0.05) is 43.6 Å². The fraction of sp³-hybridized carbons (Fsp3) is 0.667. The molecule has 0 aliphatic carbocycles. The molecular formula is C33H52ClN3O11. The molecular weight excluding hydrogens is 650 g/mol. The molecule has 0 atom stereocenters. The predicted molar refractivity (Wildman–Crippen MR) is 179 cm³/mol. The van der Waals surface area contributed by atoms with Crippen molar-refractivity contribution < 1.29 is 52.5 Å².